The summed E-state index contributed by atoms with van der Waals surface area (Å²) in [4.78, 5) is 0. The smallest absolute Gasteiger partial charge is 0.0474 e. The molecule has 0 radical (unpaired) electrons. The average molecular weight is 240 g/mol. The molecule has 1 aliphatic rings. The summed E-state index contributed by atoms with van der Waals surface area (Å²) in [7, 11) is 0. The second kappa shape index (κ2) is 6.12. The third kappa shape index (κ3) is 3.39. The molecule has 0 bridgehead atoms. The van der Waals surface area contributed by atoms with E-state index in [2.05, 4.69) is 17.4 Å². The fourth-order valence-electron chi connectivity index (χ4n) is 1.98. The van der Waals surface area contributed by atoms with Gasteiger partial charge in [0.25, 0.3) is 0 Å². The summed E-state index contributed by atoms with van der Waals surface area (Å²) in [5.41, 5.74) is 2.34. The van der Waals surface area contributed by atoms with Crippen molar-refractivity contribution in [2.24, 2.45) is 5.92 Å². The van der Waals surface area contributed by atoms with E-state index in [1.807, 2.05) is 12.1 Å². The van der Waals surface area contributed by atoms with Crippen molar-refractivity contribution in [3.63, 3.8) is 0 Å². The van der Waals surface area contributed by atoms with E-state index in [0.717, 1.165) is 25.7 Å². The van der Waals surface area contributed by atoms with E-state index >= 15 is 0 Å². The Balaban J connectivity index is 1.83. The molecule has 1 aromatic rings. The van der Waals surface area contributed by atoms with Crippen LogP contribution in [-0.4, -0.2) is 19.8 Å². The first kappa shape index (κ1) is 11.7. The quantitative estimate of drug-likeness (QED) is 0.815. The van der Waals surface area contributed by atoms with E-state index < -0.39 is 0 Å². The Hall–Kier alpha value is -0.730. The molecular formula is C13H18ClNO. The molecule has 0 unspecified atom stereocenters. The zero-order valence-corrected chi connectivity index (χ0v) is 10.2. The number of hydrogen-bond donors (Lipinski definition) is 1. The fraction of sp³-hybridized carbons (Fsp3) is 0.538. The first-order valence-electron chi connectivity index (χ1n) is 5.85. The van der Waals surface area contributed by atoms with E-state index in [1.54, 1.807) is 0 Å². The van der Waals surface area contributed by atoms with E-state index in [0.29, 0.717) is 5.88 Å². The molecular weight excluding hydrogens is 222 g/mol. The molecule has 1 saturated heterocycles. The molecule has 88 valence electrons. The predicted molar refractivity (Wildman–Crippen MR) is 68.0 cm³/mol. The van der Waals surface area contributed by atoms with Gasteiger partial charge in [0.2, 0.25) is 0 Å². The van der Waals surface area contributed by atoms with Gasteiger partial charge in [-0.2, -0.15) is 0 Å². The Morgan fingerprint density at radius 1 is 1.31 bits per heavy atom. The number of halogens is 1. The van der Waals surface area contributed by atoms with Crippen LogP contribution in [0.3, 0.4) is 0 Å². The topological polar surface area (TPSA) is 21.3 Å². The highest BCUT2D eigenvalue weighted by molar-refractivity contribution is 6.17. The normalized spacial score (nSPS) is 17.3. The highest BCUT2D eigenvalue weighted by atomic mass is 35.5. The number of rotatable bonds is 4. The van der Waals surface area contributed by atoms with Gasteiger partial charge < -0.3 is 10.1 Å². The lowest BCUT2D eigenvalue weighted by Gasteiger charge is -2.22. The van der Waals surface area contributed by atoms with Crippen LogP contribution in [0.25, 0.3) is 0 Å². The number of alkyl halides is 1. The summed E-state index contributed by atoms with van der Waals surface area (Å²) < 4.78 is 5.34. The largest absolute Gasteiger partial charge is 0.385 e. The van der Waals surface area contributed by atoms with Crippen LogP contribution in [0.15, 0.2) is 24.3 Å². The molecule has 1 aromatic carbocycles. The van der Waals surface area contributed by atoms with Crippen molar-refractivity contribution in [1.82, 2.24) is 0 Å². The van der Waals surface area contributed by atoms with Crippen LogP contribution in [0.4, 0.5) is 5.69 Å². The van der Waals surface area contributed by atoms with Gasteiger partial charge in [-0.05, 0) is 36.5 Å². The van der Waals surface area contributed by atoms with Crippen molar-refractivity contribution >= 4 is 17.3 Å². The lowest BCUT2D eigenvalue weighted by Crippen LogP contribution is -2.22. The highest BCUT2D eigenvalue weighted by Gasteiger charge is 2.12. The highest BCUT2D eigenvalue weighted by Crippen LogP contribution is 2.17. The van der Waals surface area contributed by atoms with Crippen LogP contribution in [0.1, 0.15) is 18.4 Å². The molecule has 3 heteroatoms. The molecule has 0 spiro atoms. The van der Waals surface area contributed by atoms with Gasteiger partial charge in [0.15, 0.2) is 0 Å². The SMILES string of the molecule is ClCc1cccc(NCC2CCOCC2)c1. The summed E-state index contributed by atoms with van der Waals surface area (Å²) in [6.07, 6.45) is 2.34. The average Bonchev–Trinajstić information content (AvgIpc) is 2.38. The van der Waals surface area contributed by atoms with Crippen molar-refractivity contribution in [2.45, 2.75) is 18.7 Å². The molecule has 0 saturated carbocycles. The third-order valence-corrected chi connectivity index (χ3v) is 3.33. The Morgan fingerprint density at radius 3 is 2.88 bits per heavy atom. The number of anilines is 1. The second-order valence-electron chi connectivity index (χ2n) is 4.27. The number of hydrogen-bond acceptors (Lipinski definition) is 2. The number of ether oxygens (including phenoxy) is 1. The van der Waals surface area contributed by atoms with Gasteiger partial charge in [0.05, 0.1) is 0 Å². The van der Waals surface area contributed by atoms with Crippen LogP contribution in [0.5, 0.6) is 0 Å². The van der Waals surface area contributed by atoms with Gasteiger partial charge in [0, 0.05) is 31.3 Å². The summed E-state index contributed by atoms with van der Waals surface area (Å²) in [6.45, 7) is 2.86. The van der Waals surface area contributed by atoms with Gasteiger partial charge in [-0.1, -0.05) is 12.1 Å². The second-order valence-corrected chi connectivity index (χ2v) is 4.54. The Kier molecular flexibility index (Phi) is 4.49. The summed E-state index contributed by atoms with van der Waals surface area (Å²) >= 11 is 5.80. The lowest BCUT2D eigenvalue weighted by atomic mass is 10.0. The molecule has 1 fully saturated rings. The van der Waals surface area contributed by atoms with Crippen molar-refractivity contribution in [1.29, 1.82) is 0 Å². The summed E-state index contributed by atoms with van der Waals surface area (Å²) in [5.74, 6) is 1.32. The van der Waals surface area contributed by atoms with Gasteiger partial charge in [0.1, 0.15) is 0 Å². The van der Waals surface area contributed by atoms with Crippen LogP contribution in [0.2, 0.25) is 0 Å². The first-order chi connectivity index (χ1) is 7.88. The first-order valence-corrected chi connectivity index (χ1v) is 6.38. The summed E-state index contributed by atoms with van der Waals surface area (Å²) in [6, 6.07) is 8.30. The van der Waals surface area contributed by atoms with Crippen LogP contribution in [-0.2, 0) is 10.6 Å². The zero-order chi connectivity index (χ0) is 11.2. The fourth-order valence-corrected chi connectivity index (χ4v) is 2.14. The maximum atomic E-state index is 5.80. The third-order valence-electron chi connectivity index (χ3n) is 3.02. The van der Waals surface area contributed by atoms with Crippen molar-refractivity contribution in [3.05, 3.63) is 29.8 Å². The molecule has 16 heavy (non-hydrogen) atoms. The molecule has 0 atom stereocenters. The minimum absolute atomic E-state index is 0.576. The van der Waals surface area contributed by atoms with Gasteiger partial charge in [-0.3, -0.25) is 0 Å². The van der Waals surface area contributed by atoms with Crippen LogP contribution < -0.4 is 5.32 Å². The Morgan fingerprint density at radius 2 is 2.12 bits per heavy atom. The molecule has 2 rings (SSSR count). The van der Waals surface area contributed by atoms with Gasteiger partial charge in [-0.25, -0.2) is 0 Å². The predicted octanol–water partition coefficient (Wildman–Crippen LogP) is 3.26. The molecule has 2 nitrogen and oxygen atoms in total. The molecule has 1 aliphatic heterocycles. The van der Waals surface area contributed by atoms with Crippen molar-refractivity contribution in [2.75, 3.05) is 25.1 Å². The summed E-state index contributed by atoms with van der Waals surface area (Å²) in [5, 5.41) is 3.47. The van der Waals surface area contributed by atoms with E-state index in [1.165, 1.54) is 24.1 Å². The number of benzene rings is 1. The molecule has 1 heterocycles. The molecule has 1 N–H and O–H groups in total. The van der Waals surface area contributed by atoms with E-state index in [4.69, 9.17) is 16.3 Å². The van der Waals surface area contributed by atoms with Gasteiger partial charge in [-0.15, -0.1) is 11.6 Å². The minimum Gasteiger partial charge on any atom is -0.385 e. The maximum absolute atomic E-state index is 5.80. The van der Waals surface area contributed by atoms with Crippen molar-refractivity contribution in [3.8, 4) is 0 Å². The van der Waals surface area contributed by atoms with E-state index in [9.17, 15) is 0 Å². The van der Waals surface area contributed by atoms with Crippen LogP contribution >= 0.6 is 11.6 Å². The number of nitrogens with one attached hydrogen (secondary N) is 1. The maximum Gasteiger partial charge on any atom is 0.0474 e. The molecule has 0 aromatic heterocycles. The Bertz CT molecular complexity index is 323. The molecule has 0 aliphatic carbocycles. The lowest BCUT2D eigenvalue weighted by molar-refractivity contribution is 0.0699. The molecule has 0 amide bonds. The monoisotopic (exact) mass is 239 g/mol. The zero-order valence-electron chi connectivity index (χ0n) is 9.42. The minimum atomic E-state index is 0.576. The van der Waals surface area contributed by atoms with Gasteiger partial charge >= 0.3 is 0 Å². The van der Waals surface area contributed by atoms with Crippen molar-refractivity contribution < 1.29 is 4.74 Å². The Labute approximate surface area is 102 Å². The van der Waals surface area contributed by atoms with E-state index in [-0.39, 0.29) is 0 Å². The van der Waals surface area contributed by atoms with Crippen LogP contribution in [0, 0.1) is 5.92 Å². The standard InChI is InChI=1S/C13H18ClNO/c14-9-12-2-1-3-13(8-12)15-10-11-4-6-16-7-5-11/h1-3,8,11,15H,4-7,9-10H2.